The maximum atomic E-state index is 13.5. The first-order chi connectivity index (χ1) is 13.2. The Morgan fingerprint density at radius 1 is 1.21 bits per heavy atom. The highest BCUT2D eigenvalue weighted by Crippen LogP contribution is 2.23. The molecule has 1 aliphatic rings. The highest BCUT2D eigenvalue weighted by molar-refractivity contribution is 7.90. The highest BCUT2D eigenvalue weighted by atomic mass is 32.2. The van der Waals surface area contributed by atoms with E-state index in [4.69, 9.17) is 5.73 Å². The second-order valence-electron chi connectivity index (χ2n) is 6.13. The number of carbonyl (C=O) groups is 2. The van der Waals surface area contributed by atoms with E-state index in [1.807, 2.05) is 0 Å². The first kappa shape index (κ1) is 19.5. The molecule has 3 rings (SSSR count). The van der Waals surface area contributed by atoms with E-state index in [0.717, 1.165) is 11.0 Å². The van der Waals surface area contributed by atoms with Crippen LogP contribution in [0.4, 0.5) is 4.39 Å². The summed E-state index contributed by atoms with van der Waals surface area (Å²) in [7, 11) is -2.38. The van der Waals surface area contributed by atoms with E-state index in [1.165, 1.54) is 31.3 Å². The van der Waals surface area contributed by atoms with E-state index in [2.05, 4.69) is 9.71 Å². The number of sulfonamides is 1. The molecule has 0 saturated carbocycles. The molecule has 2 amide bonds. The van der Waals surface area contributed by atoms with Gasteiger partial charge in [-0.1, -0.05) is 24.3 Å². The molecule has 3 N–H and O–H groups in total. The Labute approximate surface area is 160 Å². The number of rotatable bonds is 5. The van der Waals surface area contributed by atoms with Crippen LogP contribution in [0.5, 0.6) is 0 Å². The van der Waals surface area contributed by atoms with Crippen LogP contribution in [-0.4, -0.2) is 44.6 Å². The summed E-state index contributed by atoms with van der Waals surface area (Å²) in [6, 6.07) is 10.3. The van der Waals surface area contributed by atoms with Crippen molar-refractivity contribution >= 4 is 27.7 Å². The van der Waals surface area contributed by atoms with Gasteiger partial charge in [0.15, 0.2) is 0 Å². The number of likely N-dealkylation sites (N-methyl/N-ethyl adjacent to an activating group) is 1. The summed E-state index contributed by atoms with van der Waals surface area (Å²) in [6.45, 7) is -0.429. The number of nitrogens with zero attached hydrogens (tertiary/aromatic N) is 2. The molecule has 28 heavy (non-hydrogen) atoms. The second kappa shape index (κ2) is 7.39. The maximum absolute atomic E-state index is 13.5. The lowest BCUT2D eigenvalue weighted by Crippen LogP contribution is -2.40. The molecule has 0 aliphatic carbocycles. The topological polar surface area (TPSA) is 122 Å². The zero-order chi connectivity index (χ0) is 20.5. The minimum Gasteiger partial charge on any atom is -0.368 e. The van der Waals surface area contributed by atoms with Gasteiger partial charge < -0.3 is 10.6 Å². The molecule has 1 aliphatic heterocycles. The Morgan fingerprint density at radius 3 is 2.61 bits per heavy atom. The number of nitrogens with one attached hydrogen (secondary N) is 1. The van der Waals surface area contributed by atoms with Gasteiger partial charge in [0.05, 0.1) is 4.90 Å². The van der Waals surface area contributed by atoms with Gasteiger partial charge >= 0.3 is 0 Å². The van der Waals surface area contributed by atoms with Gasteiger partial charge in [-0.2, -0.15) is 0 Å². The fourth-order valence-electron chi connectivity index (χ4n) is 2.91. The van der Waals surface area contributed by atoms with Crippen molar-refractivity contribution in [3.8, 4) is 0 Å². The molecule has 2 aromatic rings. The molecule has 2 aromatic carbocycles. The third-order valence-corrected chi connectivity index (χ3v) is 5.65. The third kappa shape index (κ3) is 3.72. The van der Waals surface area contributed by atoms with E-state index in [1.54, 1.807) is 18.2 Å². The SMILES string of the molecule is CN(C(=O)CN=C1NS(=O)(=O)c2ccccc21)C(C(N)=O)c1cccc(F)c1. The molecule has 1 atom stereocenters. The molecule has 0 fully saturated rings. The van der Waals surface area contributed by atoms with Gasteiger partial charge in [0.2, 0.25) is 11.8 Å². The smallest absolute Gasteiger partial charge is 0.263 e. The van der Waals surface area contributed by atoms with Gasteiger partial charge in [0.25, 0.3) is 10.0 Å². The van der Waals surface area contributed by atoms with Gasteiger partial charge in [0.1, 0.15) is 24.2 Å². The largest absolute Gasteiger partial charge is 0.368 e. The lowest BCUT2D eigenvalue weighted by atomic mass is 10.0. The molecular weight excluding hydrogens is 387 g/mol. The van der Waals surface area contributed by atoms with E-state index >= 15 is 0 Å². The van der Waals surface area contributed by atoms with Crippen molar-refractivity contribution in [1.29, 1.82) is 0 Å². The number of amides is 2. The Balaban J connectivity index is 1.83. The summed E-state index contributed by atoms with van der Waals surface area (Å²) >= 11 is 0. The highest BCUT2D eigenvalue weighted by Gasteiger charge is 2.31. The maximum Gasteiger partial charge on any atom is 0.263 e. The second-order valence-corrected chi connectivity index (χ2v) is 7.78. The van der Waals surface area contributed by atoms with Crippen molar-refractivity contribution in [3.63, 3.8) is 0 Å². The fraction of sp³-hybridized carbons (Fsp3) is 0.167. The zero-order valence-corrected chi connectivity index (χ0v) is 15.6. The molecule has 1 unspecified atom stereocenters. The van der Waals surface area contributed by atoms with Gasteiger partial charge in [-0.15, -0.1) is 0 Å². The summed E-state index contributed by atoms with van der Waals surface area (Å²) < 4.78 is 39.9. The number of aliphatic imine (C=N–C) groups is 1. The minimum absolute atomic E-state index is 0.0405. The number of halogens is 1. The van der Waals surface area contributed by atoms with Gasteiger partial charge in [0, 0.05) is 12.6 Å². The predicted molar refractivity (Wildman–Crippen MR) is 99.3 cm³/mol. The first-order valence-corrected chi connectivity index (χ1v) is 9.66. The number of benzene rings is 2. The lowest BCUT2D eigenvalue weighted by Gasteiger charge is -2.25. The molecular formula is C18H17FN4O4S. The summed E-state index contributed by atoms with van der Waals surface area (Å²) in [5.41, 5.74) is 5.97. The summed E-state index contributed by atoms with van der Waals surface area (Å²) in [6.07, 6.45) is 0. The summed E-state index contributed by atoms with van der Waals surface area (Å²) in [5, 5.41) is 0. The van der Waals surface area contributed by atoms with Gasteiger partial charge in [-0.05, 0) is 29.8 Å². The fourth-order valence-corrected chi connectivity index (χ4v) is 4.16. The van der Waals surface area contributed by atoms with E-state index in [9.17, 15) is 22.4 Å². The van der Waals surface area contributed by atoms with Crippen LogP contribution in [0, 0.1) is 5.82 Å². The van der Waals surface area contributed by atoms with Crippen LogP contribution in [-0.2, 0) is 19.6 Å². The quantitative estimate of drug-likeness (QED) is 0.756. The molecule has 0 aromatic heterocycles. The van der Waals surface area contributed by atoms with Crippen molar-refractivity contribution in [3.05, 3.63) is 65.5 Å². The normalized spacial score (nSPS) is 16.9. The first-order valence-electron chi connectivity index (χ1n) is 8.18. The van der Waals surface area contributed by atoms with Crippen molar-refractivity contribution < 1.29 is 22.4 Å². The average Bonchev–Trinajstić information content (AvgIpc) is 2.90. The van der Waals surface area contributed by atoms with E-state index in [-0.39, 0.29) is 16.3 Å². The third-order valence-electron chi connectivity index (χ3n) is 4.25. The Hall–Kier alpha value is -3.27. The van der Waals surface area contributed by atoms with Crippen LogP contribution in [0.15, 0.2) is 58.4 Å². The minimum atomic E-state index is -3.72. The number of amidine groups is 1. The molecule has 0 bridgehead atoms. The average molecular weight is 404 g/mol. The van der Waals surface area contributed by atoms with Crippen molar-refractivity contribution in [2.45, 2.75) is 10.9 Å². The molecule has 0 spiro atoms. The Bertz CT molecular complexity index is 1080. The Kier molecular flexibility index (Phi) is 5.14. The van der Waals surface area contributed by atoms with Crippen molar-refractivity contribution in [1.82, 2.24) is 9.62 Å². The standard InChI is InChI=1S/C18H17FN4O4S/c1-23(16(17(20)25)11-5-4-6-12(19)9-11)15(24)10-21-18-13-7-2-3-8-14(13)28(26,27)22-18/h2-9,16H,10H2,1H3,(H2,20,25)(H,21,22). The number of hydrogen-bond donors (Lipinski definition) is 2. The molecule has 10 heteroatoms. The monoisotopic (exact) mass is 404 g/mol. The number of fused-ring (bicyclic) bond motifs is 1. The molecule has 0 saturated heterocycles. The summed E-state index contributed by atoms with van der Waals surface area (Å²) in [4.78, 5) is 29.5. The molecule has 1 heterocycles. The number of primary amides is 1. The lowest BCUT2D eigenvalue weighted by molar-refractivity contribution is -0.136. The molecule has 0 radical (unpaired) electrons. The Morgan fingerprint density at radius 2 is 1.93 bits per heavy atom. The number of carbonyl (C=O) groups excluding carboxylic acids is 2. The van der Waals surface area contributed by atoms with Crippen molar-refractivity contribution in [2.24, 2.45) is 10.7 Å². The number of hydrogen-bond acceptors (Lipinski definition) is 5. The van der Waals surface area contributed by atoms with E-state index in [0.29, 0.717) is 5.56 Å². The van der Waals surface area contributed by atoms with Crippen molar-refractivity contribution in [2.75, 3.05) is 13.6 Å². The van der Waals surface area contributed by atoms with Crippen LogP contribution in [0.2, 0.25) is 0 Å². The van der Waals surface area contributed by atoms with Crippen LogP contribution < -0.4 is 10.5 Å². The molecule has 146 valence electrons. The summed E-state index contributed by atoms with van der Waals surface area (Å²) in [5.74, 6) is -1.95. The zero-order valence-electron chi connectivity index (χ0n) is 14.8. The van der Waals surface area contributed by atoms with Crippen LogP contribution >= 0.6 is 0 Å². The predicted octanol–water partition coefficient (Wildman–Crippen LogP) is 0.549. The van der Waals surface area contributed by atoms with Crippen LogP contribution in [0.1, 0.15) is 17.2 Å². The van der Waals surface area contributed by atoms with E-state index < -0.39 is 40.2 Å². The van der Waals surface area contributed by atoms with Gasteiger partial charge in [-0.3, -0.25) is 19.3 Å². The number of nitrogens with two attached hydrogens (primary N) is 1. The van der Waals surface area contributed by atoms with Crippen LogP contribution in [0.3, 0.4) is 0 Å². The van der Waals surface area contributed by atoms with Gasteiger partial charge in [-0.25, -0.2) is 12.8 Å². The molecule has 8 nitrogen and oxygen atoms in total. The van der Waals surface area contributed by atoms with Crippen LogP contribution in [0.25, 0.3) is 0 Å².